The molecule has 10 nitrogen and oxygen atoms in total. The number of carboxylic acid groups (broad SMARTS) is 1. The van der Waals surface area contributed by atoms with Crippen molar-refractivity contribution in [1.29, 1.82) is 0 Å². The average Bonchev–Trinajstić information content (AvgIpc) is 3.11. The molecule has 1 aliphatic rings. The van der Waals surface area contributed by atoms with Crippen LogP contribution in [-0.4, -0.2) is 65.0 Å². The van der Waals surface area contributed by atoms with E-state index in [1.807, 2.05) is 13.8 Å². The van der Waals surface area contributed by atoms with Gasteiger partial charge in [-0.25, -0.2) is 4.79 Å². The van der Waals surface area contributed by atoms with Crippen molar-refractivity contribution in [3.8, 4) is 0 Å². The summed E-state index contributed by atoms with van der Waals surface area (Å²) in [6.07, 6.45) is 2.52. The van der Waals surface area contributed by atoms with Crippen LogP contribution in [0.1, 0.15) is 46.0 Å². The summed E-state index contributed by atoms with van der Waals surface area (Å²) in [5.41, 5.74) is 16.5. The SMILES string of the molecule is CCC(C)C(N)C(=O)N1CCCC1C(=O)N[C@H](CCCN=C(N)N)C(=O)O. The van der Waals surface area contributed by atoms with Crippen LogP contribution < -0.4 is 22.5 Å². The van der Waals surface area contributed by atoms with Gasteiger partial charge in [0.25, 0.3) is 0 Å². The fraction of sp³-hybridized carbons (Fsp3) is 0.765. The summed E-state index contributed by atoms with van der Waals surface area (Å²) in [5, 5.41) is 11.9. The zero-order valence-corrected chi connectivity index (χ0v) is 16.1. The Hall–Kier alpha value is -2.36. The molecule has 0 radical (unpaired) electrons. The molecule has 0 aliphatic carbocycles. The highest BCUT2D eigenvalue weighted by atomic mass is 16.4. The maximum absolute atomic E-state index is 12.6. The van der Waals surface area contributed by atoms with E-state index in [9.17, 15) is 19.5 Å². The second-order valence-electron chi connectivity index (χ2n) is 6.95. The van der Waals surface area contributed by atoms with Crippen molar-refractivity contribution in [2.24, 2.45) is 28.1 Å². The van der Waals surface area contributed by atoms with Crippen molar-refractivity contribution >= 4 is 23.7 Å². The lowest BCUT2D eigenvalue weighted by Crippen LogP contribution is -2.55. The number of likely N-dealkylation sites (tertiary alicyclic amines) is 1. The monoisotopic (exact) mass is 384 g/mol. The molecule has 8 N–H and O–H groups in total. The van der Waals surface area contributed by atoms with Crippen LogP contribution >= 0.6 is 0 Å². The van der Waals surface area contributed by atoms with Gasteiger partial charge in [-0.3, -0.25) is 14.6 Å². The minimum absolute atomic E-state index is 0.00381. The number of carbonyl (C=O) groups excluding carboxylic acids is 2. The number of nitrogens with two attached hydrogens (primary N) is 3. The van der Waals surface area contributed by atoms with Gasteiger partial charge in [0.2, 0.25) is 11.8 Å². The first-order valence-electron chi connectivity index (χ1n) is 9.33. The molecule has 0 saturated carbocycles. The van der Waals surface area contributed by atoms with Gasteiger partial charge in [0, 0.05) is 13.1 Å². The van der Waals surface area contributed by atoms with Crippen molar-refractivity contribution in [2.75, 3.05) is 13.1 Å². The number of carboxylic acids is 1. The van der Waals surface area contributed by atoms with Crippen LogP contribution in [0.15, 0.2) is 4.99 Å². The Balaban J connectivity index is 2.70. The summed E-state index contributed by atoms with van der Waals surface area (Å²) in [5.74, 6) is -1.93. The summed E-state index contributed by atoms with van der Waals surface area (Å²) >= 11 is 0. The molecule has 3 unspecified atom stereocenters. The number of guanidine groups is 1. The molecule has 0 bridgehead atoms. The molecule has 1 saturated heterocycles. The molecule has 0 aromatic carbocycles. The van der Waals surface area contributed by atoms with Crippen molar-refractivity contribution < 1.29 is 19.5 Å². The lowest BCUT2D eigenvalue weighted by atomic mass is 9.98. The van der Waals surface area contributed by atoms with Crippen molar-refractivity contribution in [3.63, 3.8) is 0 Å². The summed E-state index contributed by atoms with van der Waals surface area (Å²) in [7, 11) is 0. The molecule has 1 rings (SSSR count). The number of hydrogen-bond acceptors (Lipinski definition) is 5. The maximum Gasteiger partial charge on any atom is 0.326 e. The van der Waals surface area contributed by atoms with E-state index in [1.54, 1.807) is 0 Å². The van der Waals surface area contributed by atoms with Gasteiger partial charge in [-0.15, -0.1) is 0 Å². The lowest BCUT2D eigenvalue weighted by molar-refractivity contribution is -0.144. The van der Waals surface area contributed by atoms with E-state index in [0.29, 0.717) is 25.8 Å². The van der Waals surface area contributed by atoms with E-state index in [-0.39, 0.29) is 30.8 Å². The van der Waals surface area contributed by atoms with Crippen LogP contribution in [0.4, 0.5) is 0 Å². The first-order valence-corrected chi connectivity index (χ1v) is 9.33. The van der Waals surface area contributed by atoms with Crippen molar-refractivity contribution in [1.82, 2.24) is 10.2 Å². The van der Waals surface area contributed by atoms with E-state index in [4.69, 9.17) is 17.2 Å². The number of hydrogen-bond donors (Lipinski definition) is 5. The van der Waals surface area contributed by atoms with Gasteiger partial charge in [-0.05, 0) is 31.6 Å². The molecule has 1 fully saturated rings. The van der Waals surface area contributed by atoms with E-state index in [2.05, 4.69) is 10.3 Å². The third-order valence-electron chi connectivity index (χ3n) is 4.94. The van der Waals surface area contributed by atoms with Crippen molar-refractivity contribution in [2.45, 2.75) is 64.1 Å². The van der Waals surface area contributed by atoms with Gasteiger partial charge >= 0.3 is 5.97 Å². The standard InChI is InChI=1S/C17H32N6O4/c1-3-10(2)13(18)15(25)23-9-5-7-12(23)14(24)22-11(16(26)27)6-4-8-21-17(19)20/h10-13H,3-9,18H2,1-2H3,(H,22,24)(H,26,27)(H4,19,20,21)/t10?,11-,12?,13?/m1/s1. The molecule has 1 heterocycles. The van der Waals surface area contributed by atoms with Gasteiger partial charge < -0.3 is 32.5 Å². The molecular weight excluding hydrogens is 352 g/mol. The molecule has 0 aromatic rings. The molecule has 2 amide bonds. The van der Waals surface area contributed by atoms with Gasteiger partial charge in [0.15, 0.2) is 5.96 Å². The van der Waals surface area contributed by atoms with Gasteiger partial charge in [-0.2, -0.15) is 0 Å². The van der Waals surface area contributed by atoms with Crippen LogP contribution in [-0.2, 0) is 14.4 Å². The average molecular weight is 384 g/mol. The van der Waals surface area contributed by atoms with Crippen LogP contribution in [0, 0.1) is 5.92 Å². The number of nitrogens with zero attached hydrogens (tertiary/aromatic N) is 2. The third-order valence-corrected chi connectivity index (χ3v) is 4.94. The summed E-state index contributed by atoms with van der Waals surface area (Å²) in [6, 6.07) is -2.42. The molecule has 1 aliphatic heterocycles. The minimum Gasteiger partial charge on any atom is -0.480 e. The first kappa shape index (κ1) is 22.7. The molecular formula is C17H32N6O4. The zero-order chi connectivity index (χ0) is 20.6. The Bertz CT molecular complexity index is 564. The Morgan fingerprint density at radius 1 is 1.33 bits per heavy atom. The maximum atomic E-state index is 12.6. The summed E-state index contributed by atoms with van der Waals surface area (Å²) in [6.45, 7) is 4.57. The summed E-state index contributed by atoms with van der Waals surface area (Å²) in [4.78, 5) is 41.9. The number of aliphatic imine (C=N–C) groups is 1. The van der Waals surface area contributed by atoms with Gasteiger partial charge in [0.05, 0.1) is 6.04 Å². The molecule has 154 valence electrons. The summed E-state index contributed by atoms with van der Waals surface area (Å²) < 4.78 is 0. The number of nitrogens with one attached hydrogen (secondary N) is 1. The first-order chi connectivity index (χ1) is 12.7. The van der Waals surface area contributed by atoms with Crippen LogP contribution in [0.3, 0.4) is 0 Å². The number of rotatable bonds is 10. The lowest BCUT2D eigenvalue weighted by Gasteiger charge is -2.29. The Morgan fingerprint density at radius 2 is 2.00 bits per heavy atom. The Labute approximate surface area is 159 Å². The van der Waals surface area contributed by atoms with E-state index >= 15 is 0 Å². The molecule has 27 heavy (non-hydrogen) atoms. The molecule has 4 atom stereocenters. The normalized spacial score (nSPS) is 19.8. The highest BCUT2D eigenvalue weighted by Crippen LogP contribution is 2.21. The van der Waals surface area contributed by atoms with E-state index in [0.717, 1.165) is 6.42 Å². The molecule has 0 aromatic heterocycles. The predicted octanol–water partition coefficient (Wildman–Crippen LogP) is -1.03. The van der Waals surface area contributed by atoms with E-state index in [1.165, 1.54) is 4.90 Å². The van der Waals surface area contributed by atoms with Crippen LogP contribution in [0.5, 0.6) is 0 Å². The largest absolute Gasteiger partial charge is 0.480 e. The van der Waals surface area contributed by atoms with E-state index < -0.39 is 30.0 Å². The Kier molecular flexibility index (Phi) is 8.99. The number of amides is 2. The van der Waals surface area contributed by atoms with Gasteiger partial charge in [-0.1, -0.05) is 20.3 Å². The predicted molar refractivity (Wildman–Crippen MR) is 102 cm³/mol. The second-order valence-corrected chi connectivity index (χ2v) is 6.95. The quantitative estimate of drug-likeness (QED) is 0.182. The molecule has 0 spiro atoms. The molecule has 10 heteroatoms. The highest BCUT2D eigenvalue weighted by molar-refractivity contribution is 5.92. The Morgan fingerprint density at radius 3 is 2.56 bits per heavy atom. The topological polar surface area (TPSA) is 177 Å². The fourth-order valence-corrected chi connectivity index (χ4v) is 3.02. The smallest absolute Gasteiger partial charge is 0.326 e. The fourth-order valence-electron chi connectivity index (χ4n) is 3.02. The minimum atomic E-state index is -1.14. The second kappa shape index (κ2) is 10.7. The van der Waals surface area contributed by atoms with Crippen molar-refractivity contribution in [3.05, 3.63) is 0 Å². The number of carbonyl (C=O) groups is 3. The van der Waals surface area contributed by atoms with Crippen LogP contribution in [0.25, 0.3) is 0 Å². The van der Waals surface area contributed by atoms with Crippen LogP contribution in [0.2, 0.25) is 0 Å². The zero-order valence-electron chi connectivity index (χ0n) is 16.1. The van der Waals surface area contributed by atoms with Gasteiger partial charge in [0.1, 0.15) is 12.1 Å². The number of aliphatic carboxylic acids is 1. The highest BCUT2D eigenvalue weighted by Gasteiger charge is 2.38. The third kappa shape index (κ3) is 6.70.